The molecule has 3 aromatic rings. The molecule has 2 heterocycles. The lowest BCUT2D eigenvalue weighted by Crippen LogP contribution is -2.20. The molecule has 30 heavy (non-hydrogen) atoms. The number of rotatable bonds is 6. The van der Waals surface area contributed by atoms with Crippen LogP contribution in [0.5, 0.6) is 11.6 Å². The number of aromatic amines is 1. The lowest BCUT2D eigenvalue weighted by molar-refractivity contribution is 0.317. The summed E-state index contributed by atoms with van der Waals surface area (Å²) in [5.41, 5.74) is 9.94. The minimum absolute atomic E-state index is 0.0882. The first-order chi connectivity index (χ1) is 14.7. The highest BCUT2D eigenvalue weighted by Crippen LogP contribution is 2.45. The highest BCUT2D eigenvalue weighted by Gasteiger charge is 2.35. The summed E-state index contributed by atoms with van der Waals surface area (Å²) < 4.78 is 11.4. The largest absolute Gasteiger partial charge is 0.494 e. The van der Waals surface area contributed by atoms with Crippen LogP contribution in [0.3, 0.4) is 0 Å². The predicted octanol–water partition coefficient (Wildman–Crippen LogP) is 4.81. The van der Waals surface area contributed by atoms with Crippen LogP contribution in [0.25, 0.3) is 11.3 Å². The molecule has 1 aliphatic rings. The molecule has 0 radical (unpaired) electrons. The van der Waals surface area contributed by atoms with Crippen LogP contribution in [-0.4, -0.2) is 23.1 Å². The van der Waals surface area contributed by atoms with Gasteiger partial charge in [-0.1, -0.05) is 19.1 Å². The van der Waals surface area contributed by atoms with Gasteiger partial charge in [-0.3, -0.25) is 5.10 Å². The highest BCUT2D eigenvalue weighted by molar-refractivity contribution is 7.98. The molecule has 0 saturated carbocycles. The van der Waals surface area contributed by atoms with Crippen molar-refractivity contribution in [3.8, 4) is 29.0 Å². The zero-order valence-corrected chi connectivity index (χ0v) is 17.6. The van der Waals surface area contributed by atoms with Gasteiger partial charge in [0.2, 0.25) is 11.8 Å². The Morgan fingerprint density at radius 1 is 1.20 bits per heavy atom. The molecular weight excluding hydrogens is 396 g/mol. The van der Waals surface area contributed by atoms with Crippen LogP contribution in [0.4, 0.5) is 0 Å². The van der Waals surface area contributed by atoms with Gasteiger partial charge in [-0.15, -0.1) is 16.9 Å². The molecular formula is C23H22N4O2S. The SMILES string of the molecule is CCCOc1ccc(-c2[nH]nc3c2C(c2ccc(SC)cc2)C(C#N)=C(N)O3)cc1. The molecule has 3 N–H and O–H groups in total. The number of fused-ring (bicyclic) bond motifs is 1. The van der Waals surface area contributed by atoms with E-state index in [0.29, 0.717) is 18.1 Å². The lowest BCUT2D eigenvalue weighted by atomic mass is 9.83. The van der Waals surface area contributed by atoms with E-state index in [-0.39, 0.29) is 11.8 Å². The summed E-state index contributed by atoms with van der Waals surface area (Å²) in [5, 5.41) is 17.2. The quantitative estimate of drug-likeness (QED) is 0.558. The predicted molar refractivity (Wildman–Crippen MR) is 117 cm³/mol. The van der Waals surface area contributed by atoms with Crippen molar-refractivity contribution in [3.05, 3.63) is 71.1 Å². The van der Waals surface area contributed by atoms with E-state index in [1.54, 1.807) is 11.8 Å². The van der Waals surface area contributed by atoms with Crippen molar-refractivity contribution < 1.29 is 9.47 Å². The Labute approximate surface area is 179 Å². The number of benzene rings is 2. The summed E-state index contributed by atoms with van der Waals surface area (Å²) in [6, 6.07) is 18.2. The summed E-state index contributed by atoms with van der Waals surface area (Å²) >= 11 is 1.67. The van der Waals surface area contributed by atoms with E-state index in [9.17, 15) is 5.26 Å². The average Bonchev–Trinajstić information content (AvgIpc) is 3.20. The van der Waals surface area contributed by atoms with Crippen LogP contribution in [0.1, 0.15) is 30.4 Å². The first-order valence-corrected chi connectivity index (χ1v) is 10.9. The molecule has 152 valence electrons. The van der Waals surface area contributed by atoms with E-state index in [4.69, 9.17) is 15.2 Å². The van der Waals surface area contributed by atoms with Crippen molar-refractivity contribution >= 4 is 11.8 Å². The number of allylic oxidation sites excluding steroid dienone is 1. The fraction of sp³-hybridized carbons (Fsp3) is 0.217. The molecule has 1 unspecified atom stereocenters. The topological polar surface area (TPSA) is 97.0 Å². The minimum atomic E-state index is -0.362. The third-order valence-electron chi connectivity index (χ3n) is 5.00. The van der Waals surface area contributed by atoms with Gasteiger partial charge >= 0.3 is 0 Å². The normalized spacial score (nSPS) is 15.3. The van der Waals surface area contributed by atoms with E-state index in [2.05, 4.69) is 23.2 Å². The molecule has 1 aliphatic heterocycles. The summed E-state index contributed by atoms with van der Waals surface area (Å²) in [4.78, 5) is 1.15. The number of thioether (sulfide) groups is 1. The van der Waals surface area contributed by atoms with E-state index in [0.717, 1.165) is 39.5 Å². The Morgan fingerprint density at radius 2 is 1.93 bits per heavy atom. The first kappa shape index (κ1) is 19.9. The van der Waals surface area contributed by atoms with Crippen LogP contribution in [0, 0.1) is 11.3 Å². The maximum absolute atomic E-state index is 9.82. The van der Waals surface area contributed by atoms with Crippen LogP contribution in [-0.2, 0) is 0 Å². The van der Waals surface area contributed by atoms with Crippen molar-refractivity contribution in [1.82, 2.24) is 10.2 Å². The summed E-state index contributed by atoms with van der Waals surface area (Å²) in [5.74, 6) is 0.938. The fourth-order valence-electron chi connectivity index (χ4n) is 3.53. The summed E-state index contributed by atoms with van der Waals surface area (Å²) in [7, 11) is 0. The van der Waals surface area contributed by atoms with Crippen LogP contribution < -0.4 is 15.2 Å². The smallest absolute Gasteiger partial charge is 0.244 e. The maximum atomic E-state index is 9.82. The number of hydrogen-bond acceptors (Lipinski definition) is 6. The molecule has 0 fully saturated rings. The standard InChI is InChI=1S/C23H22N4O2S/c1-3-12-28-16-8-4-15(5-9-16)21-20-19(14-6-10-17(30-2)11-7-14)18(13-24)22(25)29-23(20)27-26-21/h4-11,19H,3,12,25H2,1-2H3,(H,26,27). The number of nitrogens with zero attached hydrogens (tertiary/aromatic N) is 2. The second-order valence-electron chi connectivity index (χ2n) is 6.89. The average molecular weight is 419 g/mol. The number of aromatic nitrogens is 2. The third kappa shape index (κ3) is 3.62. The third-order valence-corrected chi connectivity index (χ3v) is 5.75. The second kappa shape index (κ2) is 8.56. The van der Waals surface area contributed by atoms with Gasteiger partial charge in [-0.25, -0.2) is 0 Å². The van der Waals surface area contributed by atoms with Crippen molar-refractivity contribution in [2.75, 3.05) is 12.9 Å². The van der Waals surface area contributed by atoms with E-state index in [1.807, 2.05) is 54.8 Å². The van der Waals surface area contributed by atoms with Crippen LogP contribution in [0.15, 0.2) is 64.9 Å². The zero-order chi connectivity index (χ0) is 21.1. The van der Waals surface area contributed by atoms with E-state index >= 15 is 0 Å². The van der Waals surface area contributed by atoms with Crippen LogP contribution in [0.2, 0.25) is 0 Å². The molecule has 0 bridgehead atoms. The van der Waals surface area contributed by atoms with E-state index < -0.39 is 0 Å². The summed E-state index contributed by atoms with van der Waals surface area (Å²) in [6.07, 6.45) is 2.98. The van der Waals surface area contributed by atoms with Gasteiger partial charge in [-0.2, -0.15) is 5.26 Å². The number of ether oxygens (including phenoxy) is 2. The van der Waals surface area contributed by atoms with Gasteiger partial charge in [0.1, 0.15) is 17.4 Å². The number of nitriles is 1. The number of nitrogens with one attached hydrogen (secondary N) is 1. The van der Waals surface area contributed by atoms with Gasteiger partial charge in [0.25, 0.3) is 0 Å². The van der Waals surface area contributed by atoms with Crippen LogP contribution >= 0.6 is 11.8 Å². The molecule has 0 amide bonds. The lowest BCUT2D eigenvalue weighted by Gasteiger charge is -2.24. The molecule has 0 saturated heterocycles. The number of H-pyrrole nitrogens is 1. The number of hydrogen-bond donors (Lipinski definition) is 2. The molecule has 6 nitrogen and oxygen atoms in total. The van der Waals surface area contributed by atoms with Gasteiger partial charge in [-0.05, 0) is 54.6 Å². The highest BCUT2D eigenvalue weighted by atomic mass is 32.2. The Balaban J connectivity index is 1.79. The Hall–Kier alpha value is -3.37. The molecule has 2 aromatic carbocycles. The monoisotopic (exact) mass is 418 g/mol. The molecule has 1 aromatic heterocycles. The Kier molecular flexibility index (Phi) is 5.68. The van der Waals surface area contributed by atoms with E-state index in [1.165, 1.54) is 0 Å². The first-order valence-electron chi connectivity index (χ1n) is 9.69. The number of nitrogens with two attached hydrogens (primary N) is 1. The molecule has 7 heteroatoms. The second-order valence-corrected chi connectivity index (χ2v) is 7.77. The van der Waals surface area contributed by atoms with Gasteiger partial charge in [0.15, 0.2) is 0 Å². The zero-order valence-electron chi connectivity index (χ0n) is 16.8. The van der Waals surface area contributed by atoms with Crippen molar-refractivity contribution in [1.29, 1.82) is 5.26 Å². The Bertz CT molecular complexity index is 1110. The molecule has 1 atom stereocenters. The maximum Gasteiger partial charge on any atom is 0.244 e. The van der Waals surface area contributed by atoms with Crippen molar-refractivity contribution in [2.24, 2.45) is 5.73 Å². The summed E-state index contributed by atoms with van der Waals surface area (Å²) in [6.45, 7) is 2.75. The fourth-order valence-corrected chi connectivity index (χ4v) is 3.94. The minimum Gasteiger partial charge on any atom is -0.494 e. The molecule has 0 spiro atoms. The van der Waals surface area contributed by atoms with Gasteiger partial charge in [0, 0.05) is 10.5 Å². The van der Waals surface area contributed by atoms with Crippen molar-refractivity contribution in [3.63, 3.8) is 0 Å². The molecule has 0 aliphatic carbocycles. The van der Waals surface area contributed by atoms with Gasteiger partial charge < -0.3 is 15.2 Å². The Morgan fingerprint density at radius 3 is 2.57 bits per heavy atom. The van der Waals surface area contributed by atoms with Crippen molar-refractivity contribution in [2.45, 2.75) is 24.2 Å². The molecule has 4 rings (SSSR count). The van der Waals surface area contributed by atoms with Gasteiger partial charge in [0.05, 0.1) is 23.8 Å².